The maximum Gasteiger partial charge on any atom is 0.270 e. The third-order valence-corrected chi connectivity index (χ3v) is 4.76. The predicted octanol–water partition coefficient (Wildman–Crippen LogP) is 3.27. The topological polar surface area (TPSA) is 58.5 Å². The van der Waals surface area contributed by atoms with Crippen LogP contribution in [0, 0.1) is 5.92 Å². The standard InChI is InChI=1S/C18H16N2O2S/c1-11-12(2)18(22)20-16-10-13(5-7-15(11)16)19-17(21)8-6-14-4-3-9-23-14/h3-10,15H,1-2H3,(H,20,22)/b8-6-,19-13?. The molecule has 1 aromatic heterocycles. The number of hydrogen-bond acceptors (Lipinski definition) is 3. The van der Waals surface area contributed by atoms with E-state index in [2.05, 4.69) is 10.3 Å². The van der Waals surface area contributed by atoms with Crippen molar-refractivity contribution >= 4 is 34.9 Å². The minimum Gasteiger partial charge on any atom is -0.325 e. The van der Waals surface area contributed by atoms with Crippen LogP contribution in [0.4, 0.5) is 0 Å². The van der Waals surface area contributed by atoms with Crippen LogP contribution < -0.4 is 5.32 Å². The summed E-state index contributed by atoms with van der Waals surface area (Å²) < 4.78 is 0. The van der Waals surface area contributed by atoms with Gasteiger partial charge in [-0.1, -0.05) is 17.7 Å². The summed E-state index contributed by atoms with van der Waals surface area (Å²) in [7, 11) is 0. The summed E-state index contributed by atoms with van der Waals surface area (Å²) in [4.78, 5) is 28.9. The lowest BCUT2D eigenvalue weighted by atomic mass is 9.85. The van der Waals surface area contributed by atoms with E-state index in [1.807, 2.05) is 43.5 Å². The van der Waals surface area contributed by atoms with Crippen LogP contribution >= 0.6 is 11.3 Å². The third-order valence-electron chi connectivity index (χ3n) is 3.93. The number of fused-ring (bicyclic) bond motifs is 1. The SMILES string of the molecule is CC1=C(C)C2C=CC(=NC(=O)/C=C\c3cccs3)C=C2NC1=O. The Hall–Kier alpha value is -2.53. The van der Waals surface area contributed by atoms with Crippen molar-refractivity contribution in [3.05, 3.63) is 63.5 Å². The molecule has 0 spiro atoms. The molecule has 23 heavy (non-hydrogen) atoms. The van der Waals surface area contributed by atoms with Crippen molar-refractivity contribution in [1.82, 2.24) is 5.32 Å². The third kappa shape index (κ3) is 3.29. The van der Waals surface area contributed by atoms with E-state index in [0.29, 0.717) is 5.71 Å². The molecule has 2 amide bonds. The lowest BCUT2D eigenvalue weighted by Gasteiger charge is -2.28. The number of thiophene rings is 1. The normalized spacial score (nSPS) is 22.3. The molecule has 1 unspecified atom stereocenters. The van der Waals surface area contributed by atoms with E-state index in [4.69, 9.17) is 0 Å². The molecule has 116 valence electrons. The van der Waals surface area contributed by atoms with Gasteiger partial charge >= 0.3 is 0 Å². The smallest absolute Gasteiger partial charge is 0.270 e. The molecule has 0 saturated heterocycles. The van der Waals surface area contributed by atoms with E-state index in [1.54, 1.807) is 23.5 Å². The Morgan fingerprint density at radius 2 is 2.22 bits per heavy atom. The van der Waals surface area contributed by atoms with Gasteiger partial charge < -0.3 is 5.32 Å². The van der Waals surface area contributed by atoms with Crippen molar-refractivity contribution < 1.29 is 9.59 Å². The van der Waals surface area contributed by atoms with Crippen molar-refractivity contribution in [2.45, 2.75) is 13.8 Å². The van der Waals surface area contributed by atoms with Gasteiger partial charge in [-0.2, -0.15) is 0 Å². The molecule has 2 heterocycles. The number of carbonyl (C=O) groups is 2. The van der Waals surface area contributed by atoms with E-state index >= 15 is 0 Å². The molecule has 4 nitrogen and oxygen atoms in total. The second kappa shape index (κ2) is 6.30. The zero-order valence-electron chi connectivity index (χ0n) is 12.9. The van der Waals surface area contributed by atoms with E-state index < -0.39 is 0 Å². The second-order valence-electron chi connectivity index (χ2n) is 5.42. The molecule has 0 bridgehead atoms. The highest BCUT2D eigenvalue weighted by Gasteiger charge is 2.27. The highest BCUT2D eigenvalue weighted by atomic mass is 32.1. The second-order valence-corrected chi connectivity index (χ2v) is 6.40. The quantitative estimate of drug-likeness (QED) is 0.849. The molecule has 2 aliphatic rings. The zero-order valence-corrected chi connectivity index (χ0v) is 13.7. The maximum atomic E-state index is 11.9. The van der Waals surface area contributed by atoms with Crippen LogP contribution in [0.2, 0.25) is 0 Å². The first-order valence-electron chi connectivity index (χ1n) is 7.27. The maximum absolute atomic E-state index is 11.9. The molecule has 1 aliphatic carbocycles. The fourth-order valence-electron chi connectivity index (χ4n) is 2.50. The molecule has 1 N–H and O–H groups in total. The summed E-state index contributed by atoms with van der Waals surface area (Å²) >= 11 is 1.56. The number of rotatable bonds is 2. The van der Waals surface area contributed by atoms with Crippen molar-refractivity contribution in [1.29, 1.82) is 0 Å². The van der Waals surface area contributed by atoms with Gasteiger partial charge in [0.25, 0.3) is 11.8 Å². The molecule has 0 fully saturated rings. The number of carbonyl (C=O) groups excluding carboxylic acids is 2. The Bertz CT molecular complexity index is 808. The number of hydrogen-bond donors (Lipinski definition) is 1. The first-order chi connectivity index (χ1) is 11.0. The molecular weight excluding hydrogens is 308 g/mol. The molecular formula is C18H16N2O2S. The van der Waals surface area contributed by atoms with Crippen LogP contribution in [0.1, 0.15) is 18.7 Å². The van der Waals surface area contributed by atoms with Crippen LogP contribution in [0.3, 0.4) is 0 Å². The monoisotopic (exact) mass is 324 g/mol. The summed E-state index contributed by atoms with van der Waals surface area (Å²) in [6.45, 7) is 3.77. The lowest BCUT2D eigenvalue weighted by Crippen LogP contribution is -2.35. The minimum absolute atomic E-state index is 0.0587. The number of amides is 2. The first-order valence-corrected chi connectivity index (χ1v) is 8.15. The Kier molecular flexibility index (Phi) is 4.21. The molecule has 3 rings (SSSR count). The summed E-state index contributed by atoms with van der Waals surface area (Å²) in [5, 5.41) is 4.81. The van der Waals surface area contributed by atoms with Crippen molar-refractivity contribution in [2.24, 2.45) is 10.9 Å². The number of aliphatic imine (C=N–C) groups is 1. The molecule has 1 aromatic rings. The molecule has 1 aliphatic heterocycles. The average molecular weight is 324 g/mol. The molecule has 1 atom stereocenters. The van der Waals surface area contributed by atoms with Gasteiger partial charge in [0.05, 0.1) is 5.71 Å². The molecule has 0 saturated carbocycles. The Morgan fingerprint density at radius 1 is 1.39 bits per heavy atom. The van der Waals surface area contributed by atoms with Gasteiger partial charge in [-0.15, -0.1) is 11.3 Å². The molecule has 0 radical (unpaired) electrons. The minimum atomic E-state index is -0.320. The van der Waals surface area contributed by atoms with Crippen LogP contribution in [0.25, 0.3) is 6.08 Å². The Morgan fingerprint density at radius 3 is 2.96 bits per heavy atom. The number of nitrogens with zero attached hydrogens (tertiary/aromatic N) is 1. The average Bonchev–Trinajstić information content (AvgIpc) is 3.04. The molecule has 5 heteroatoms. The zero-order chi connectivity index (χ0) is 16.4. The van der Waals surface area contributed by atoms with Crippen LogP contribution in [-0.4, -0.2) is 17.5 Å². The van der Waals surface area contributed by atoms with Gasteiger partial charge in [-0.05, 0) is 43.5 Å². The summed E-state index contributed by atoms with van der Waals surface area (Å²) in [5.74, 6) is -0.356. The van der Waals surface area contributed by atoms with Crippen LogP contribution in [0.5, 0.6) is 0 Å². The summed E-state index contributed by atoms with van der Waals surface area (Å²) in [6.07, 6.45) is 8.74. The van der Waals surface area contributed by atoms with E-state index in [0.717, 1.165) is 21.7 Å². The van der Waals surface area contributed by atoms with Gasteiger partial charge in [-0.25, -0.2) is 4.99 Å². The van der Waals surface area contributed by atoms with Gasteiger partial charge in [-0.3, -0.25) is 9.59 Å². The van der Waals surface area contributed by atoms with Gasteiger partial charge in [0.15, 0.2) is 0 Å². The van der Waals surface area contributed by atoms with Gasteiger partial charge in [0.2, 0.25) is 0 Å². The van der Waals surface area contributed by atoms with Crippen LogP contribution in [0.15, 0.2) is 63.7 Å². The van der Waals surface area contributed by atoms with Crippen molar-refractivity contribution in [2.75, 3.05) is 0 Å². The largest absolute Gasteiger partial charge is 0.325 e. The lowest BCUT2D eigenvalue weighted by molar-refractivity contribution is -0.117. The van der Waals surface area contributed by atoms with Crippen molar-refractivity contribution in [3.63, 3.8) is 0 Å². The Labute approximate surface area is 138 Å². The summed E-state index contributed by atoms with van der Waals surface area (Å²) in [5.41, 5.74) is 3.09. The fraction of sp³-hybridized carbons (Fsp3) is 0.167. The van der Waals surface area contributed by atoms with E-state index in [1.165, 1.54) is 6.08 Å². The van der Waals surface area contributed by atoms with E-state index in [9.17, 15) is 9.59 Å². The molecule has 0 aromatic carbocycles. The van der Waals surface area contributed by atoms with Crippen LogP contribution in [-0.2, 0) is 9.59 Å². The fourth-order valence-corrected chi connectivity index (χ4v) is 3.12. The van der Waals surface area contributed by atoms with E-state index in [-0.39, 0.29) is 17.7 Å². The predicted molar refractivity (Wildman–Crippen MR) is 93.0 cm³/mol. The number of allylic oxidation sites excluding steroid dienone is 3. The number of nitrogens with one attached hydrogen (secondary N) is 1. The Balaban J connectivity index is 1.79. The summed E-state index contributed by atoms with van der Waals surface area (Å²) in [6, 6.07) is 3.86. The highest BCUT2D eigenvalue weighted by molar-refractivity contribution is 7.10. The highest BCUT2D eigenvalue weighted by Crippen LogP contribution is 2.29. The van der Waals surface area contributed by atoms with Crippen molar-refractivity contribution in [3.8, 4) is 0 Å². The van der Waals surface area contributed by atoms with Gasteiger partial charge in [0.1, 0.15) is 0 Å². The van der Waals surface area contributed by atoms with Gasteiger partial charge in [0, 0.05) is 28.1 Å². The first kappa shape index (κ1) is 15.4.